The second-order valence-electron chi connectivity index (χ2n) is 6.35. The van der Waals surface area contributed by atoms with Crippen LogP contribution in [0.4, 0.5) is 5.00 Å². The molecule has 148 valence electrons. The summed E-state index contributed by atoms with van der Waals surface area (Å²) in [5.74, 6) is -2.09. The second-order valence-corrected chi connectivity index (χ2v) is 7.27. The number of ether oxygens (including phenoxy) is 1. The van der Waals surface area contributed by atoms with Gasteiger partial charge in [0.15, 0.2) is 6.10 Å². The summed E-state index contributed by atoms with van der Waals surface area (Å²) in [5.41, 5.74) is 5.42. The molecule has 9 nitrogen and oxygen atoms in total. The largest absolute Gasteiger partial charge is 0.467 e. The Morgan fingerprint density at radius 1 is 1.43 bits per heavy atom. The number of nitrogens with zero attached hydrogens (tertiary/aromatic N) is 1. The van der Waals surface area contributed by atoms with Crippen LogP contribution in [-0.4, -0.2) is 41.2 Å². The number of carbonyl (C=O) groups excluding carboxylic acids is 4. The van der Waals surface area contributed by atoms with Crippen molar-refractivity contribution < 1.29 is 28.3 Å². The third kappa shape index (κ3) is 4.39. The van der Waals surface area contributed by atoms with E-state index in [1.807, 2.05) is 0 Å². The predicted molar refractivity (Wildman–Crippen MR) is 99.3 cm³/mol. The molecule has 28 heavy (non-hydrogen) atoms. The molecule has 1 saturated heterocycles. The number of esters is 1. The number of nitrogens with two attached hydrogens (primary N) is 1. The van der Waals surface area contributed by atoms with Crippen molar-refractivity contribution in [3.63, 3.8) is 0 Å². The van der Waals surface area contributed by atoms with Crippen LogP contribution < -0.4 is 11.1 Å². The van der Waals surface area contributed by atoms with Crippen molar-refractivity contribution in [2.45, 2.75) is 26.0 Å². The summed E-state index contributed by atoms with van der Waals surface area (Å²) in [6, 6.07) is 4.96. The lowest BCUT2D eigenvalue weighted by molar-refractivity contribution is -0.157. The fourth-order valence-electron chi connectivity index (χ4n) is 2.81. The van der Waals surface area contributed by atoms with Crippen LogP contribution in [0.1, 0.15) is 29.5 Å². The molecule has 2 atom stereocenters. The Balaban J connectivity index is 1.53. The lowest BCUT2D eigenvalue weighted by Crippen LogP contribution is -2.33. The maximum atomic E-state index is 12.4. The maximum absolute atomic E-state index is 12.4. The third-order valence-electron chi connectivity index (χ3n) is 4.30. The van der Waals surface area contributed by atoms with Crippen LogP contribution in [0.5, 0.6) is 0 Å². The van der Waals surface area contributed by atoms with Gasteiger partial charge in [0, 0.05) is 13.0 Å². The van der Waals surface area contributed by atoms with Gasteiger partial charge in [0.25, 0.3) is 11.8 Å². The highest BCUT2D eigenvalue weighted by atomic mass is 32.1. The Kier molecular flexibility index (Phi) is 5.78. The lowest BCUT2D eigenvalue weighted by Gasteiger charge is -2.17. The van der Waals surface area contributed by atoms with Crippen molar-refractivity contribution in [1.82, 2.24) is 4.90 Å². The monoisotopic (exact) mass is 405 g/mol. The van der Waals surface area contributed by atoms with Crippen LogP contribution >= 0.6 is 11.3 Å². The number of likely N-dealkylation sites (tertiary alicyclic amines) is 1. The van der Waals surface area contributed by atoms with Gasteiger partial charge in [-0.1, -0.05) is 0 Å². The first-order chi connectivity index (χ1) is 13.3. The van der Waals surface area contributed by atoms with Gasteiger partial charge in [0.05, 0.1) is 24.3 Å². The zero-order valence-corrected chi connectivity index (χ0v) is 15.9. The summed E-state index contributed by atoms with van der Waals surface area (Å²) in [6.07, 6.45) is 0.439. The van der Waals surface area contributed by atoms with E-state index >= 15 is 0 Å². The molecule has 10 heteroatoms. The van der Waals surface area contributed by atoms with Crippen molar-refractivity contribution in [2.75, 3.05) is 11.9 Å². The Morgan fingerprint density at radius 3 is 2.89 bits per heavy atom. The molecule has 3 amide bonds. The fourth-order valence-corrected chi connectivity index (χ4v) is 3.61. The molecular formula is C18H19N3O6S. The molecule has 0 radical (unpaired) electrons. The molecule has 1 aliphatic heterocycles. The summed E-state index contributed by atoms with van der Waals surface area (Å²) in [6.45, 7) is 1.89. The number of primary amides is 1. The number of furan rings is 1. The van der Waals surface area contributed by atoms with Gasteiger partial charge < -0.3 is 25.1 Å². The maximum Gasteiger partial charge on any atom is 0.312 e. The van der Waals surface area contributed by atoms with Gasteiger partial charge in [-0.05, 0) is 30.5 Å². The molecule has 3 N–H and O–H groups in total. The molecule has 0 saturated carbocycles. The molecule has 3 rings (SSSR count). The van der Waals surface area contributed by atoms with Crippen LogP contribution in [0.2, 0.25) is 0 Å². The SMILES string of the molecule is C[C@H](OC(=O)[C@@H]1CC(=O)N(Cc2ccco2)C1)C(=O)Nc1sccc1C(N)=O. The molecule has 0 aromatic carbocycles. The number of anilines is 1. The van der Waals surface area contributed by atoms with Crippen molar-refractivity contribution in [1.29, 1.82) is 0 Å². The summed E-state index contributed by atoms with van der Waals surface area (Å²) in [4.78, 5) is 49.5. The van der Waals surface area contributed by atoms with Crippen LogP contribution in [0.3, 0.4) is 0 Å². The first-order valence-electron chi connectivity index (χ1n) is 8.54. The zero-order valence-electron chi connectivity index (χ0n) is 15.0. The molecule has 2 aromatic rings. The molecule has 0 unspecified atom stereocenters. The summed E-state index contributed by atoms with van der Waals surface area (Å²) in [7, 11) is 0. The zero-order chi connectivity index (χ0) is 20.3. The van der Waals surface area contributed by atoms with E-state index in [0.29, 0.717) is 10.8 Å². The first-order valence-corrected chi connectivity index (χ1v) is 9.42. The highest BCUT2D eigenvalue weighted by Crippen LogP contribution is 2.24. The predicted octanol–water partition coefficient (Wildman–Crippen LogP) is 1.36. The molecule has 1 aliphatic rings. The molecule has 0 bridgehead atoms. The van der Waals surface area contributed by atoms with Crippen molar-refractivity contribution in [3.8, 4) is 0 Å². The lowest BCUT2D eigenvalue weighted by atomic mass is 10.1. The smallest absolute Gasteiger partial charge is 0.312 e. The first kappa shape index (κ1) is 19.6. The molecule has 2 aromatic heterocycles. The van der Waals surface area contributed by atoms with E-state index in [9.17, 15) is 19.2 Å². The topological polar surface area (TPSA) is 132 Å². The van der Waals surface area contributed by atoms with Gasteiger partial charge in [-0.3, -0.25) is 19.2 Å². The van der Waals surface area contributed by atoms with Crippen molar-refractivity contribution in [2.24, 2.45) is 11.7 Å². The third-order valence-corrected chi connectivity index (χ3v) is 5.13. The highest BCUT2D eigenvalue weighted by Gasteiger charge is 2.37. The minimum Gasteiger partial charge on any atom is -0.467 e. The van der Waals surface area contributed by atoms with Crippen LogP contribution in [0.15, 0.2) is 34.3 Å². The summed E-state index contributed by atoms with van der Waals surface area (Å²) < 4.78 is 10.4. The molecule has 1 fully saturated rings. The molecule has 0 aliphatic carbocycles. The van der Waals surface area contributed by atoms with Gasteiger partial charge in [-0.25, -0.2) is 0 Å². The second kappa shape index (κ2) is 8.26. The number of hydrogen-bond donors (Lipinski definition) is 2. The van der Waals surface area contributed by atoms with E-state index in [4.69, 9.17) is 14.9 Å². The van der Waals surface area contributed by atoms with Gasteiger partial charge >= 0.3 is 5.97 Å². The summed E-state index contributed by atoms with van der Waals surface area (Å²) >= 11 is 1.14. The average Bonchev–Trinajstić information content (AvgIpc) is 3.37. The quantitative estimate of drug-likeness (QED) is 0.669. The van der Waals surface area contributed by atoms with E-state index in [1.165, 1.54) is 24.2 Å². The van der Waals surface area contributed by atoms with E-state index in [2.05, 4.69) is 5.32 Å². The van der Waals surface area contributed by atoms with Gasteiger partial charge in [-0.15, -0.1) is 11.3 Å². The molecular weight excluding hydrogens is 386 g/mol. The van der Waals surface area contributed by atoms with E-state index in [-0.39, 0.29) is 31.0 Å². The molecule has 0 spiro atoms. The number of hydrogen-bond acceptors (Lipinski definition) is 7. The van der Waals surface area contributed by atoms with E-state index in [1.54, 1.807) is 17.5 Å². The van der Waals surface area contributed by atoms with E-state index in [0.717, 1.165) is 11.3 Å². The summed E-state index contributed by atoms with van der Waals surface area (Å²) in [5, 5.41) is 4.43. The normalized spacial score (nSPS) is 17.4. The minimum absolute atomic E-state index is 0.0185. The Morgan fingerprint density at radius 2 is 2.21 bits per heavy atom. The number of rotatable bonds is 7. The standard InChI is InChI=1S/C18H19N3O6S/c1-10(16(24)20-17-13(15(19)23)4-6-28-17)27-18(25)11-7-14(22)21(8-11)9-12-3-2-5-26-12/h2-6,10-11H,7-9H2,1H3,(H2,19,23)(H,20,24)/t10-,11+/m0/s1. The van der Waals surface area contributed by atoms with Gasteiger partial charge in [0.1, 0.15) is 10.8 Å². The van der Waals surface area contributed by atoms with E-state index < -0.39 is 29.8 Å². The van der Waals surface area contributed by atoms with Crippen LogP contribution in [-0.2, 0) is 25.7 Å². The van der Waals surface area contributed by atoms with Gasteiger partial charge in [0.2, 0.25) is 5.91 Å². The Bertz CT molecular complexity index is 891. The number of nitrogens with one attached hydrogen (secondary N) is 1. The number of amides is 3. The highest BCUT2D eigenvalue weighted by molar-refractivity contribution is 7.14. The number of thiophene rings is 1. The number of carbonyl (C=O) groups is 4. The Labute approximate surface area is 164 Å². The van der Waals surface area contributed by atoms with Crippen molar-refractivity contribution in [3.05, 3.63) is 41.2 Å². The minimum atomic E-state index is -1.09. The molecule has 3 heterocycles. The van der Waals surface area contributed by atoms with Crippen molar-refractivity contribution >= 4 is 40.0 Å². The van der Waals surface area contributed by atoms with Gasteiger partial charge in [-0.2, -0.15) is 0 Å². The van der Waals surface area contributed by atoms with Crippen LogP contribution in [0.25, 0.3) is 0 Å². The average molecular weight is 405 g/mol. The Hall–Kier alpha value is -3.14. The van der Waals surface area contributed by atoms with Crippen LogP contribution in [0, 0.1) is 5.92 Å². The fraction of sp³-hybridized carbons (Fsp3) is 0.333.